The molecule has 0 spiro atoms. The fraction of sp³-hybridized carbons (Fsp3) is 0.857. The van der Waals surface area contributed by atoms with Crippen LogP contribution in [0.25, 0.3) is 0 Å². The van der Waals surface area contributed by atoms with Crippen LogP contribution in [0, 0.1) is 5.41 Å². The minimum absolute atomic E-state index is 0.194. The van der Waals surface area contributed by atoms with Crippen molar-refractivity contribution in [1.82, 2.24) is 5.32 Å². The van der Waals surface area contributed by atoms with Gasteiger partial charge in [0.2, 0.25) is 0 Å². The molecular weight excluding hydrogens is 198 g/mol. The molecule has 0 amide bonds. The Kier molecular flexibility index (Phi) is 7.69. The maximum absolute atomic E-state index is 8.93. The van der Waals surface area contributed by atoms with Gasteiger partial charge in [0, 0.05) is 19.2 Å². The Bertz CT molecular complexity index is 205. The molecule has 0 saturated heterocycles. The van der Waals surface area contributed by atoms with Crippen molar-refractivity contribution in [3.8, 4) is 0 Å². The fourth-order valence-corrected chi connectivity index (χ4v) is 1.57. The number of hydrogen-bond acceptors (Lipinski definition) is 2. The monoisotopic (exact) mass is 227 g/mol. The molecule has 0 aliphatic carbocycles. The number of rotatable bonds is 8. The van der Waals surface area contributed by atoms with Gasteiger partial charge in [-0.3, -0.25) is 0 Å². The number of hydrogen-bond donors (Lipinski definition) is 2. The Balaban J connectivity index is 3.72. The molecule has 0 aromatic heterocycles. The van der Waals surface area contributed by atoms with Crippen LogP contribution in [0.15, 0.2) is 11.6 Å². The lowest BCUT2D eigenvalue weighted by molar-refractivity contribution is 0.203. The third-order valence-electron chi connectivity index (χ3n) is 2.87. The second kappa shape index (κ2) is 7.86. The quantitative estimate of drug-likeness (QED) is 0.624. The molecular formula is C14H29NO. The lowest BCUT2D eigenvalue weighted by Crippen LogP contribution is -2.35. The summed E-state index contributed by atoms with van der Waals surface area (Å²) in [6.45, 7) is 12.2. The van der Waals surface area contributed by atoms with E-state index in [9.17, 15) is 0 Å². The van der Waals surface area contributed by atoms with Gasteiger partial charge < -0.3 is 10.4 Å². The number of aliphatic hydroxyl groups excluding tert-OH is 1. The number of allylic oxidation sites excluding steroid dienone is 2. The summed E-state index contributed by atoms with van der Waals surface area (Å²) < 4.78 is 0. The molecule has 2 nitrogen and oxygen atoms in total. The van der Waals surface area contributed by atoms with Gasteiger partial charge in [-0.15, -0.1) is 0 Å². The van der Waals surface area contributed by atoms with Crippen LogP contribution in [-0.4, -0.2) is 24.3 Å². The van der Waals surface area contributed by atoms with E-state index in [1.807, 2.05) is 0 Å². The van der Waals surface area contributed by atoms with Gasteiger partial charge in [-0.05, 0) is 45.4 Å². The smallest absolute Gasteiger partial charge is 0.0436 e. The van der Waals surface area contributed by atoms with Crippen LogP contribution in [0.5, 0.6) is 0 Å². The summed E-state index contributed by atoms with van der Waals surface area (Å²) in [4.78, 5) is 0. The molecule has 0 rings (SSSR count). The second-order valence-electron chi connectivity index (χ2n) is 5.78. The highest BCUT2D eigenvalue weighted by molar-refractivity contribution is 4.93. The molecule has 1 unspecified atom stereocenters. The van der Waals surface area contributed by atoms with E-state index < -0.39 is 0 Å². The molecule has 96 valence electrons. The molecule has 0 heterocycles. The molecule has 0 aromatic carbocycles. The average molecular weight is 227 g/mol. The molecule has 0 fully saturated rings. The normalized spacial score (nSPS) is 13.6. The summed E-state index contributed by atoms with van der Waals surface area (Å²) in [6.07, 6.45) is 5.48. The van der Waals surface area contributed by atoms with E-state index >= 15 is 0 Å². The zero-order valence-corrected chi connectivity index (χ0v) is 11.6. The molecule has 0 aliphatic heterocycles. The molecule has 0 bridgehead atoms. The van der Waals surface area contributed by atoms with Crippen LogP contribution >= 0.6 is 0 Å². The highest BCUT2D eigenvalue weighted by Gasteiger charge is 2.17. The predicted molar refractivity (Wildman–Crippen MR) is 71.6 cm³/mol. The van der Waals surface area contributed by atoms with Crippen LogP contribution < -0.4 is 5.32 Å². The van der Waals surface area contributed by atoms with Crippen molar-refractivity contribution < 1.29 is 5.11 Å². The van der Waals surface area contributed by atoms with Crippen molar-refractivity contribution in [3.05, 3.63) is 11.6 Å². The van der Waals surface area contributed by atoms with Crippen molar-refractivity contribution in [3.63, 3.8) is 0 Å². The van der Waals surface area contributed by atoms with E-state index in [-0.39, 0.29) is 12.0 Å². The van der Waals surface area contributed by atoms with Crippen molar-refractivity contribution in [2.45, 2.75) is 59.9 Å². The summed E-state index contributed by atoms with van der Waals surface area (Å²) in [5, 5.41) is 12.5. The predicted octanol–water partition coefficient (Wildman–Crippen LogP) is 3.12. The lowest BCUT2D eigenvalue weighted by Gasteiger charge is -2.26. The third kappa shape index (κ3) is 8.93. The molecule has 2 N–H and O–H groups in total. The number of aliphatic hydroxyl groups is 1. The van der Waals surface area contributed by atoms with Gasteiger partial charge in [0.25, 0.3) is 0 Å². The maximum atomic E-state index is 8.93. The van der Waals surface area contributed by atoms with Gasteiger partial charge in [-0.2, -0.15) is 0 Å². The molecule has 0 aliphatic rings. The SMILES string of the molecule is CC(C)=CCCC(C)NCC(C)(C)CCO. The summed E-state index contributed by atoms with van der Waals surface area (Å²) in [5.41, 5.74) is 1.59. The molecule has 0 radical (unpaired) electrons. The van der Waals surface area contributed by atoms with Crippen molar-refractivity contribution in [2.24, 2.45) is 5.41 Å². The minimum Gasteiger partial charge on any atom is -0.396 e. The van der Waals surface area contributed by atoms with Gasteiger partial charge in [0.05, 0.1) is 0 Å². The van der Waals surface area contributed by atoms with Crippen LogP contribution in [0.4, 0.5) is 0 Å². The highest BCUT2D eigenvalue weighted by atomic mass is 16.3. The second-order valence-corrected chi connectivity index (χ2v) is 5.78. The topological polar surface area (TPSA) is 32.3 Å². The van der Waals surface area contributed by atoms with Gasteiger partial charge in [-0.25, -0.2) is 0 Å². The van der Waals surface area contributed by atoms with Crippen molar-refractivity contribution in [2.75, 3.05) is 13.2 Å². The van der Waals surface area contributed by atoms with Gasteiger partial charge >= 0.3 is 0 Å². The first-order valence-electron chi connectivity index (χ1n) is 6.35. The first-order chi connectivity index (χ1) is 7.37. The number of nitrogens with one attached hydrogen (secondary N) is 1. The molecule has 0 saturated carbocycles. The molecule has 0 aromatic rings. The van der Waals surface area contributed by atoms with E-state index in [0.29, 0.717) is 6.04 Å². The summed E-state index contributed by atoms with van der Waals surface area (Å²) >= 11 is 0. The Morgan fingerprint density at radius 1 is 1.38 bits per heavy atom. The van der Waals surface area contributed by atoms with E-state index in [4.69, 9.17) is 5.11 Å². The first kappa shape index (κ1) is 15.7. The van der Waals surface area contributed by atoms with Gasteiger partial charge in [0.15, 0.2) is 0 Å². The van der Waals surface area contributed by atoms with Crippen molar-refractivity contribution in [1.29, 1.82) is 0 Å². The van der Waals surface area contributed by atoms with E-state index in [1.165, 1.54) is 12.0 Å². The maximum Gasteiger partial charge on any atom is 0.0436 e. The molecule has 1 atom stereocenters. The summed E-state index contributed by atoms with van der Waals surface area (Å²) in [7, 11) is 0. The van der Waals surface area contributed by atoms with Crippen molar-refractivity contribution >= 4 is 0 Å². The van der Waals surface area contributed by atoms with E-state index in [2.05, 4.69) is 46.0 Å². The Morgan fingerprint density at radius 3 is 2.50 bits per heavy atom. The van der Waals surface area contributed by atoms with Crippen LogP contribution in [-0.2, 0) is 0 Å². The lowest BCUT2D eigenvalue weighted by atomic mass is 9.89. The summed E-state index contributed by atoms with van der Waals surface area (Å²) in [6, 6.07) is 0.550. The fourth-order valence-electron chi connectivity index (χ4n) is 1.57. The minimum atomic E-state index is 0.194. The zero-order valence-electron chi connectivity index (χ0n) is 11.6. The highest BCUT2D eigenvalue weighted by Crippen LogP contribution is 2.18. The Hall–Kier alpha value is -0.340. The van der Waals surface area contributed by atoms with Crippen LogP contribution in [0.2, 0.25) is 0 Å². The molecule has 16 heavy (non-hydrogen) atoms. The third-order valence-corrected chi connectivity index (χ3v) is 2.87. The first-order valence-corrected chi connectivity index (χ1v) is 6.35. The Labute approximate surface area is 101 Å². The van der Waals surface area contributed by atoms with Gasteiger partial charge in [0.1, 0.15) is 0 Å². The standard InChI is InChI=1S/C14H29NO/c1-12(2)7-6-8-13(3)15-11-14(4,5)9-10-16/h7,13,15-16H,6,8-11H2,1-5H3. The van der Waals surface area contributed by atoms with Crippen LogP contribution in [0.1, 0.15) is 53.9 Å². The van der Waals surface area contributed by atoms with E-state index in [1.54, 1.807) is 0 Å². The zero-order chi connectivity index (χ0) is 12.6. The Morgan fingerprint density at radius 2 is 2.00 bits per heavy atom. The summed E-state index contributed by atoms with van der Waals surface area (Å²) in [5.74, 6) is 0. The van der Waals surface area contributed by atoms with Gasteiger partial charge in [-0.1, -0.05) is 25.5 Å². The average Bonchev–Trinajstić information content (AvgIpc) is 2.14. The van der Waals surface area contributed by atoms with E-state index in [0.717, 1.165) is 19.4 Å². The largest absolute Gasteiger partial charge is 0.396 e. The molecule has 2 heteroatoms. The van der Waals surface area contributed by atoms with Crippen LogP contribution in [0.3, 0.4) is 0 Å².